The van der Waals surface area contributed by atoms with Gasteiger partial charge in [-0.25, -0.2) is 0 Å². The SMILES string of the molecule is COc1ccc(C2(C)Nc3ccccc3C(=O)N2Cc2ccco2)cc1. The van der Waals surface area contributed by atoms with Crippen LogP contribution >= 0.6 is 0 Å². The summed E-state index contributed by atoms with van der Waals surface area (Å²) in [6, 6.07) is 19.0. The summed E-state index contributed by atoms with van der Waals surface area (Å²) < 4.78 is 10.8. The maximum atomic E-state index is 13.3. The summed E-state index contributed by atoms with van der Waals surface area (Å²) in [5.74, 6) is 1.48. The summed E-state index contributed by atoms with van der Waals surface area (Å²) in [7, 11) is 1.64. The molecule has 26 heavy (non-hydrogen) atoms. The van der Waals surface area contributed by atoms with Crippen molar-refractivity contribution in [3.05, 3.63) is 83.8 Å². The van der Waals surface area contributed by atoms with Crippen LogP contribution in [0.2, 0.25) is 0 Å². The number of rotatable bonds is 4. The van der Waals surface area contributed by atoms with E-state index in [1.807, 2.05) is 67.6 Å². The first-order valence-electron chi connectivity index (χ1n) is 8.48. The molecule has 5 heteroatoms. The van der Waals surface area contributed by atoms with Crippen molar-refractivity contribution in [2.75, 3.05) is 12.4 Å². The van der Waals surface area contributed by atoms with Crippen molar-refractivity contribution in [3.8, 4) is 5.75 Å². The van der Waals surface area contributed by atoms with E-state index in [2.05, 4.69) is 5.32 Å². The van der Waals surface area contributed by atoms with Gasteiger partial charge in [-0.1, -0.05) is 24.3 Å². The predicted octanol–water partition coefficient (Wildman–Crippen LogP) is 4.23. The van der Waals surface area contributed by atoms with Gasteiger partial charge in [-0.15, -0.1) is 0 Å². The number of nitrogens with zero attached hydrogens (tertiary/aromatic N) is 1. The van der Waals surface area contributed by atoms with Crippen LogP contribution in [0.3, 0.4) is 0 Å². The number of nitrogens with one attached hydrogen (secondary N) is 1. The molecule has 2 aromatic carbocycles. The Hall–Kier alpha value is -3.21. The minimum atomic E-state index is -0.718. The molecule has 0 saturated carbocycles. The van der Waals surface area contributed by atoms with Crippen LogP contribution in [0, 0.1) is 0 Å². The smallest absolute Gasteiger partial charge is 0.258 e. The fourth-order valence-electron chi connectivity index (χ4n) is 3.39. The second kappa shape index (κ2) is 6.26. The summed E-state index contributed by atoms with van der Waals surface area (Å²) in [5.41, 5.74) is 1.73. The molecule has 1 amide bonds. The lowest BCUT2D eigenvalue weighted by Gasteiger charge is -2.46. The molecule has 1 aromatic heterocycles. The van der Waals surface area contributed by atoms with Gasteiger partial charge in [0.15, 0.2) is 0 Å². The molecule has 0 bridgehead atoms. The quantitative estimate of drug-likeness (QED) is 0.767. The van der Waals surface area contributed by atoms with E-state index in [1.165, 1.54) is 0 Å². The van der Waals surface area contributed by atoms with Crippen LogP contribution in [-0.4, -0.2) is 17.9 Å². The zero-order valence-corrected chi connectivity index (χ0v) is 14.7. The summed E-state index contributed by atoms with van der Waals surface area (Å²) in [6.07, 6.45) is 1.62. The van der Waals surface area contributed by atoms with Gasteiger partial charge >= 0.3 is 0 Å². The van der Waals surface area contributed by atoms with Crippen molar-refractivity contribution >= 4 is 11.6 Å². The molecule has 1 unspecified atom stereocenters. The minimum absolute atomic E-state index is 0.0333. The Morgan fingerprint density at radius 2 is 1.85 bits per heavy atom. The Morgan fingerprint density at radius 1 is 1.08 bits per heavy atom. The van der Waals surface area contributed by atoms with Gasteiger partial charge in [0.2, 0.25) is 0 Å². The van der Waals surface area contributed by atoms with Crippen LogP contribution in [0.5, 0.6) is 5.75 Å². The van der Waals surface area contributed by atoms with Gasteiger partial charge in [0.25, 0.3) is 5.91 Å². The minimum Gasteiger partial charge on any atom is -0.497 e. The lowest BCUT2D eigenvalue weighted by atomic mass is 9.93. The molecule has 1 atom stereocenters. The monoisotopic (exact) mass is 348 g/mol. The first-order chi connectivity index (χ1) is 12.6. The van der Waals surface area contributed by atoms with Crippen molar-refractivity contribution in [1.29, 1.82) is 0 Å². The van der Waals surface area contributed by atoms with Crippen LogP contribution in [0.1, 0.15) is 28.6 Å². The summed E-state index contributed by atoms with van der Waals surface area (Å²) in [5, 5.41) is 3.54. The molecule has 3 aromatic rings. The number of hydrogen-bond acceptors (Lipinski definition) is 4. The number of furan rings is 1. The largest absolute Gasteiger partial charge is 0.497 e. The molecule has 0 saturated heterocycles. The standard InChI is InChI=1S/C21H20N2O3/c1-21(15-9-11-16(25-2)12-10-15)22-19-8-4-3-7-18(19)20(24)23(21)14-17-6-5-13-26-17/h3-13,22H,14H2,1-2H3. The Labute approximate surface area is 152 Å². The van der Waals surface area contributed by atoms with Crippen molar-refractivity contribution in [3.63, 3.8) is 0 Å². The van der Waals surface area contributed by atoms with E-state index in [9.17, 15) is 4.79 Å². The van der Waals surface area contributed by atoms with Crippen molar-refractivity contribution in [2.45, 2.75) is 19.1 Å². The number of fused-ring (bicyclic) bond motifs is 1. The highest BCUT2D eigenvalue weighted by molar-refractivity contribution is 6.02. The third kappa shape index (κ3) is 2.62. The van der Waals surface area contributed by atoms with Crippen LogP contribution in [0.25, 0.3) is 0 Å². The maximum Gasteiger partial charge on any atom is 0.258 e. The lowest BCUT2D eigenvalue weighted by molar-refractivity contribution is 0.0487. The topological polar surface area (TPSA) is 54.7 Å². The van der Waals surface area contributed by atoms with E-state index in [-0.39, 0.29) is 5.91 Å². The van der Waals surface area contributed by atoms with Crippen molar-refractivity contribution in [2.24, 2.45) is 0 Å². The van der Waals surface area contributed by atoms with E-state index in [1.54, 1.807) is 18.3 Å². The van der Waals surface area contributed by atoms with Gasteiger partial charge in [-0.3, -0.25) is 4.79 Å². The zero-order valence-electron chi connectivity index (χ0n) is 14.7. The molecule has 4 rings (SSSR count). The van der Waals surface area contributed by atoms with E-state index >= 15 is 0 Å². The highest BCUT2D eigenvalue weighted by atomic mass is 16.5. The number of benzene rings is 2. The molecule has 1 aliphatic rings. The molecular weight excluding hydrogens is 328 g/mol. The second-order valence-electron chi connectivity index (χ2n) is 6.44. The molecule has 1 aliphatic heterocycles. The zero-order chi connectivity index (χ0) is 18.1. The van der Waals surface area contributed by atoms with E-state index in [0.29, 0.717) is 12.1 Å². The van der Waals surface area contributed by atoms with Crippen molar-refractivity contribution in [1.82, 2.24) is 4.90 Å². The number of anilines is 1. The third-order valence-electron chi connectivity index (χ3n) is 4.87. The predicted molar refractivity (Wildman–Crippen MR) is 99.0 cm³/mol. The first kappa shape index (κ1) is 16.3. The van der Waals surface area contributed by atoms with Gasteiger partial charge in [0.1, 0.15) is 17.2 Å². The first-order valence-corrected chi connectivity index (χ1v) is 8.48. The number of carbonyl (C=O) groups is 1. The molecule has 5 nitrogen and oxygen atoms in total. The summed E-state index contributed by atoms with van der Waals surface area (Å²) in [4.78, 5) is 15.1. The van der Waals surface area contributed by atoms with Crippen LogP contribution in [-0.2, 0) is 12.2 Å². The fourth-order valence-corrected chi connectivity index (χ4v) is 3.39. The Bertz CT molecular complexity index is 919. The summed E-state index contributed by atoms with van der Waals surface area (Å²) >= 11 is 0. The fraction of sp³-hybridized carbons (Fsp3) is 0.190. The van der Waals surface area contributed by atoms with E-state index < -0.39 is 5.66 Å². The van der Waals surface area contributed by atoms with Crippen LogP contribution in [0.15, 0.2) is 71.3 Å². The summed E-state index contributed by atoms with van der Waals surface area (Å²) in [6.45, 7) is 2.38. The molecule has 0 radical (unpaired) electrons. The molecular formula is C21H20N2O3. The van der Waals surface area contributed by atoms with Crippen LogP contribution < -0.4 is 10.1 Å². The molecule has 2 heterocycles. The Morgan fingerprint density at radius 3 is 2.54 bits per heavy atom. The number of hydrogen-bond donors (Lipinski definition) is 1. The van der Waals surface area contributed by atoms with Gasteiger partial charge in [0, 0.05) is 5.69 Å². The number of amides is 1. The average molecular weight is 348 g/mol. The molecule has 132 valence electrons. The Balaban J connectivity index is 1.81. The lowest BCUT2D eigenvalue weighted by Crippen LogP contribution is -2.55. The number of methoxy groups -OCH3 is 1. The van der Waals surface area contributed by atoms with Gasteiger partial charge in [-0.05, 0) is 48.9 Å². The van der Waals surface area contributed by atoms with Crippen molar-refractivity contribution < 1.29 is 13.9 Å². The highest BCUT2D eigenvalue weighted by Gasteiger charge is 2.42. The number of carbonyl (C=O) groups excluding carboxylic acids is 1. The average Bonchev–Trinajstić information content (AvgIpc) is 3.18. The number of para-hydroxylation sites is 1. The highest BCUT2D eigenvalue weighted by Crippen LogP contribution is 2.39. The normalized spacial score (nSPS) is 19.0. The molecule has 0 fully saturated rings. The molecule has 1 N–H and O–H groups in total. The molecule has 0 spiro atoms. The van der Waals surface area contributed by atoms with E-state index in [4.69, 9.17) is 9.15 Å². The van der Waals surface area contributed by atoms with Crippen LogP contribution in [0.4, 0.5) is 5.69 Å². The van der Waals surface area contributed by atoms with E-state index in [0.717, 1.165) is 22.8 Å². The van der Waals surface area contributed by atoms with Gasteiger partial charge in [0.05, 0.1) is 25.5 Å². The Kier molecular flexibility index (Phi) is 3.92. The third-order valence-corrected chi connectivity index (χ3v) is 4.87. The number of ether oxygens (including phenoxy) is 1. The van der Waals surface area contributed by atoms with Gasteiger partial charge in [-0.2, -0.15) is 0 Å². The van der Waals surface area contributed by atoms with Gasteiger partial charge < -0.3 is 19.4 Å². The second-order valence-corrected chi connectivity index (χ2v) is 6.44. The maximum absolute atomic E-state index is 13.3. The molecule has 0 aliphatic carbocycles.